The van der Waals surface area contributed by atoms with Gasteiger partial charge in [0.25, 0.3) is 0 Å². The van der Waals surface area contributed by atoms with Crippen molar-refractivity contribution >= 4 is 11.0 Å². The number of aliphatic hydroxyl groups excluding tert-OH is 2. The molecule has 0 unspecified atom stereocenters. The van der Waals surface area contributed by atoms with Gasteiger partial charge >= 0.3 is 0 Å². The first kappa shape index (κ1) is 15.1. The maximum atomic E-state index is 12.0. The number of aromatic hydroxyl groups is 2. The van der Waals surface area contributed by atoms with Crippen LogP contribution in [-0.2, 0) is 13.0 Å². The highest BCUT2D eigenvalue weighted by Crippen LogP contribution is 2.35. The van der Waals surface area contributed by atoms with Gasteiger partial charge in [0, 0.05) is 24.1 Å². The second-order valence-electron chi connectivity index (χ2n) is 4.90. The normalized spacial score (nSPS) is 12.5. The molecule has 0 bridgehead atoms. The van der Waals surface area contributed by atoms with Crippen molar-refractivity contribution in [3.05, 3.63) is 45.8 Å². The van der Waals surface area contributed by atoms with Gasteiger partial charge in [-0.05, 0) is 6.92 Å². The van der Waals surface area contributed by atoms with Gasteiger partial charge in [-0.1, -0.05) is 12.2 Å². The molecule has 0 fully saturated rings. The summed E-state index contributed by atoms with van der Waals surface area (Å²) in [5, 5.41) is 38.8. The van der Waals surface area contributed by atoms with Crippen LogP contribution in [0.1, 0.15) is 18.2 Å². The summed E-state index contributed by atoms with van der Waals surface area (Å²) in [6.45, 7) is 4.74. The van der Waals surface area contributed by atoms with Crippen molar-refractivity contribution in [1.82, 2.24) is 0 Å². The topological polar surface area (TPSA) is 111 Å². The molecule has 0 aliphatic heterocycles. The molecule has 1 aromatic heterocycles. The molecule has 6 heteroatoms. The number of hydrogen-bond acceptors (Lipinski definition) is 6. The molecule has 112 valence electrons. The molecular weight excluding hydrogens is 276 g/mol. The number of aliphatic hydroxyl groups is 2. The van der Waals surface area contributed by atoms with E-state index in [2.05, 4.69) is 6.58 Å². The van der Waals surface area contributed by atoms with Crippen LogP contribution in [0.5, 0.6) is 11.5 Å². The maximum absolute atomic E-state index is 12.0. The van der Waals surface area contributed by atoms with Gasteiger partial charge in [-0.25, -0.2) is 0 Å². The van der Waals surface area contributed by atoms with E-state index < -0.39 is 23.9 Å². The third-order valence-electron chi connectivity index (χ3n) is 3.25. The fourth-order valence-electron chi connectivity index (χ4n) is 2.03. The minimum Gasteiger partial charge on any atom is -0.507 e. The van der Waals surface area contributed by atoms with E-state index in [9.17, 15) is 20.1 Å². The molecule has 2 rings (SSSR count). The third kappa shape index (κ3) is 2.76. The van der Waals surface area contributed by atoms with Crippen molar-refractivity contribution in [2.24, 2.45) is 0 Å². The number of phenolic OH excluding ortho intramolecular Hbond substituents is 2. The molecule has 0 amide bonds. The molecule has 0 aliphatic carbocycles. The minimum atomic E-state index is -0.956. The summed E-state index contributed by atoms with van der Waals surface area (Å²) < 4.78 is 5.21. The Morgan fingerprint density at radius 1 is 1.38 bits per heavy atom. The summed E-state index contributed by atoms with van der Waals surface area (Å²) in [5.74, 6) is -0.719. The second-order valence-corrected chi connectivity index (χ2v) is 4.90. The Kier molecular flexibility index (Phi) is 4.02. The molecule has 0 saturated carbocycles. The van der Waals surface area contributed by atoms with Gasteiger partial charge in [0.1, 0.15) is 34.8 Å². The lowest BCUT2D eigenvalue weighted by molar-refractivity contribution is 0.209. The standard InChI is InChI=1S/C15H16O6/c1-7(2)10(17)4-9-11(18)5-13-14(15(9)20)12(19)3-8(6-16)21-13/h3,5,10,16-18,20H,1,4,6H2,2H3/t10-/m1/s1. The van der Waals surface area contributed by atoms with Crippen molar-refractivity contribution in [2.75, 3.05) is 0 Å². The van der Waals surface area contributed by atoms with Crippen LogP contribution < -0.4 is 5.43 Å². The number of hydrogen-bond donors (Lipinski definition) is 4. The molecule has 2 aromatic rings. The number of rotatable bonds is 4. The fraction of sp³-hybridized carbons (Fsp3) is 0.267. The van der Waals surface area contributed by atoms with Gasteiger partial charge in [0.2, 0.25) is 0 Å². The smallest absolute Gasteiger partial charge is 0.196 e. The molecule has 0 radical (unpaired) electrons. The summed E-state index contributed by atoms with van der Waals surface area (Å²) in [5.41, 5.74) is -0.0578. The lowest BCUT2D eigenvalue weighted by Crippen LogP contribution is -2.12. The predicted octanol–water partition coefficient (Wildman–Crippen LogP) is 1.18. The molecule has 1 aromatic carbocycles. The molecule has 1 heterocycles. The highest BCUT2D eigenvalue weighted by Gasteiger charge is 2.20. The first-order valence-corrected chi connectivity index (χ1v) is 6.30. The maximum Gasteiger partial charge on any atom is 0.196 e. The third-order valence-corrected chi connectivity index (χ3v) is 3.25. The SMILES string of the molecule is C=C(C)[C@H](O)Cc1c(O)cc2oc(CO)cc(=O)c2c1O. The van der Waals surface area contributed by atoms with E-state index in [-0.39, 0.29) is 34.5 Å². The molecule has 4 N–H and O–H groups in total. The molecule has 21 heavy (non-hydrogen) atoms. The summed E-state index contributed by atoms with van der Waals surface area (Å²) in [6, 6.07) is 2.24. The molecule has 1 atom stereocenters. The number of benzene rings is 1. The zero-order valence-electron chi connectivity index (χ0n) is 11.5. The van der Waals surface area contributed by atoms with E-state index in [0.29, 0.717) is 5.57 Å². The molecule has 0 aliphatic rings. The van der Waals surface area contributed by atoms with E-state index in [1.165, 1.54) is 6.07 Å². The van der Waals surface area contributed by atoms with Crippen LogP contribution in [0.4, 0.5) is 0 Å². The summed E-state index contributed by atoms with van der Waals surface area (Å²) in [4.78, 5) is 12.0. The van der Waals surface area contributed by atoms with E-state index >= 15 is 0 Å². The summed E-state index contributed by atoms with van der Waals surface area (Å²) >= 11 is 0. The van der Waals surface area contributed by atoms with E-state index in [0.717, 1.165) is 6.07 Å². The Balaban J connectivity index is 2.67. The minimum absolute atomic E-state index is 0.0287. The average Bonchev–Trinajstić information content (AvgIpc) is 2.41. The highest BCUT2D eigenvalue weighted by atomic mass is 16.4. The van der Waals surface area contributed by atoms with Crippen LogP contribution in [0.25, 0.3) is 11.0 Å². The zero-order chi connectivity index (χ0) is 15.7. The Bertz CT molecular complexity index is 759. The Hall–Kier alpha value is -2.31. The van der Waals surface area contributed by atoms with Gasteiger partial charge in [-0.15, -0.1) is 0 Å². The van der Waals surface area contributed by atoms with E-state index in [1.54, 1.807) is 6.92 Å². The van der Waals surface area contributed by atoms with E-state index in [1.807, 2.05) is 0 Å². The first-order valence-electron chi connectivity index (χ1n) is 6.30. The van der Waals surface area contributed by atoms with Crippen molar-refractivity contribution < 1.29 is 24.8 Å². The van der Waals surface area contributed by atoms with Crippen LogP contribution in [0.2, 0.25) is 0 Å². The van der Waals surface area contributed by atoms with Gasteiger partial charge < -0.3 is 24.8 Å². The lowest BCUT2D eigenvalue weighted by Gasteiger charge is -2.14. The fourth-order valence-corrected chi connectivity index (χ4v) is 2.03. The number of fused-ring (bicyclic) bond motifs is 1. The molecule has 6 nitrogen and oxygen atoms in total. The van der Waals surface area contributed by atoms with Crippen molar-refractivity contribution in [2.45, 2.75) is 26.1 Å². The second kappa shape index (κ2) is 5.59. The highest BCUT2D eigenvalue weighted by molar-refractivity contribution is 5.86. The van der Waals surface area contributed by atoms with Gasteiger partial charge in [-0.2, -0.15) is 0 Å². The molecular formula is C15H16O6. The van der Waals surface area contributed by atoms with Crippen LogP contribution in [0, 0.1) is 0 Å². The van der Waals surface area contributed by atoms with Gasteiger partial charge in [0.15, 0.2) is 5.43 Å². The van der Waals surface area contributed by atoms with Crippen LogP contribution in [0.15, 0.2) is 33.5 Å². The summed E-state index contributed by atoms with van der Waals surface area (Å²) in [6.07, 6.45) is -1.03. The van der Waals surface area contributed by atoms with Crippen LogP contribution >= 0.6 is 0 Å². The predicted molar refractivity (Wildman–Crippen MR) is 76.3 cm³/mol. The quantitative estimate of drug-likeness (QED) is 0.630. The average molecular weight is 292 g/mol. The monoisotopic (exact) mass is 292 g/mol. The van der Waals surface area contributed by atoms with Gasteiger partial charge in [-0.3, -0.25) is 4.79 Å². The lowest BCUT2D eigenvalue weighted by atomic mass is 9.99. The number of phenols is 2. The van der Waals surface area contributed by atoms with Crippen molar-refractivity contribution in [3.8, 4) is 11.5 Å². The van der Waals surface area contributed by atoms with Crippen molar-refractivity contribution in [3.63, 3.8) is 0 Å². The zero-order valence-corrected chi connectivity index (χ0v) is 11.5. The van der Waals surface area contributed by atoms with Gasteiger partial charge in [0.05, 0.1) is 6.10 Å². The Labute approximate surface area is 120 Å². The molecule has 0 saturated heterocycles. The first-order chi connectivity index (χ1) is 9.85. The van der Waals surface area contributed by atoms with Crippen molar-refractivity contribution in [1.29, 1.82) is 0 Å². The molecule has 0 spiro atoms. The Morgan fingerprint density at radius 2 is 2.05 bits per heavy atom. The van der Waals surface area contributed by atoms with Crippen LogP contribution in [0.3, 0.4) is 0 Å². The largest absolute Gasteiger partial charge is 0.507 e. The summed E-state index contributed by atoms with van der Waals surface area (Å²) in [7, 11) is 0. The van der Waals surface area contributed by atoms with E-state index in [4.69, 9.17) is 9.52 Å². The van der Waals surface area contributed by atoms with Crippen LogP contribution in [-0.4, -0.2) is 26.5 Å². The Morgan fingerprint density at radius 3 is 2.62 bits per heavy atom.